The zero-order valence-corrected chi connectivity index (χ0v) is 14.9. The van der Waals surface area contributed by atoms with Crippen LogP contribution in [0.1, 0.15) is 65.7 Å². The first-order valence-corrected chi connectivity index (χ1v) is 10.4. The van der Waals surface area contributed by atoms with Crippen LogP contribution in [0.3, 0.4) is 0 Å². The Hall–Kier alpha value is -0.420. The molecule has 0 aromatic rings. The smallest absolute Gasteiger partial charge is 0.215 e. The fourth-order valence-corrected chi connectivity index (χ4v) is 7.83. The van der Waals surface area contributed by atoms with E-state index in [-0.39, 0.29) is 23.0 Å². The highest BCUT2D eigenvalue weighted by Crippen LogP contribution is 2.64. The van der Waals surface area contributed by atoms with E-state index < -0.39 is 15.4 Å². The Balaban J connectivity index is 1.89. The van der Waals surface area contributed by atoms with E-state index >= 15 is 0 Å². The lowest BCUT2D eigenvalue weighted by Crippen LogP contribution is -2.50. The van der Waals surface area contributed by atoms with Crippen molar-refractivity contribution in [1.29, 1.82) is 0 Å². The molecule has 1 aliphatic heterocycles. The predicted octanol–water partition coefficient (Wildman–Crippen LogP) is 2.98. The number of piperidine rings is 1. The molecule has 1 saturated heterocycles. The number of rotatable bonds is 4. The Kier molecular flexibility index (Phi) is 3.96. The fraction of sp³-hybridized carbons (Fsp3) is 0.941. The van der Waals surface area contributed by atoms with Gasteiger partial charge in [-0.05, 0) is 43.4 Å². The van der Waals surface area contributed by atoms with Gasteiger partial charge in [0.25, 0.3) is 0 Å². The van der Waals surface area contributed by atoms with E-state index in [1.807, 2.05) is 0 Å². The number of ketones is 1. The second-order valence-electron chi connectivity index (χ2n) is 8.09. The number of carbonyl (C=O) groups is 1. The Morgan fingerprint density at radius 1 is 1.23 bits per heavy atom. The third kappa shape index (κ3) is 2.19. The Morgan fingerprint density at radius 2 is 1.95 bits per heavy atom. The van der Waals surface area contributed by atoms with E-state index in [0.717, 1.165) is 38.5 Å². The highest BCUT2D eigenvalue weighted by atomic mass is 32.2. The van der Waals surface area contributed by atoms with Gasteiger partial charge in [-0.3, -0.25) is 4.79 Å². The Labute approximate surface area is 134 Å². The molecule has 22 heavy (non-hydrogen) atoms. The molecule has 0 spiro atoms. The first kappa shape index (κ1) is 16.4. The van der Waals surface area contributed by atoms with Crippen LogP contribution in [-0.2, 0) is 14.8 Å². The number of Topliss-reactive ketones (excluding diaryl/α,β-unsaturated/α-hetero) is 1. The molecule has 0 aromatic carbocycles. The molecular weight excluding hydrogens is 298 g/mol. The largest absolute Gasteiger partial charge is 0.299 e. The topological polar surface area (TPSA) is 54.5 Å². The lowest BCUT2D eigenvalue weighted by Gasteiger charge is -2.40. The molecule has 0 N–H and O–H groups in total. The van der Waals surface area contributed by atoms with Crippen LogP contribution in [0.25, 0.3) is 0 Å². The van der Waals surface area contributed by atoms with E-state index in [1.165, 1.54) is 0 Å². The van der Waals surface area contributed by atoms with Crippen molar-refractivity contribution in [2.45, 2.75) is 71.8 Å². The number of nitrogens with zero attached hydrogens (tertiary/aromatic N) is 1. The van der Waals surface area contributed by atoms with Gasteiger partial charge in [0.2, 0.25) is 10.0 Å². The van der Waals surface area contributed by atoms with Crippen LogP contribution in [0.5, 0.6) is 0 Å². The van der Waals surface area contributed by atoms with E-state index in [2.05, 4.69) is 20.8 Å². The van der Waals surface area contributed by atoms with E-state index in [9.17, 15) is 13.2 Å². The van der Waals surface area contributed by atoms with Crippen molar-refractivity contribution in [3.05, 3.63) is 0 Å². The van der Waals surface area contributed by atoms with Gasteiger partial charge >= 0.3 is 0 Å². The summed E-state index contributed by atoms with van der Waals surface area (Å²) in [6.07, 6.45) is 6.23. The van der Waals surface area contributed by atoms with Gasteiger partial charge in [-0.1, -0.05) is 27.2 Å². The average Bonchev–Trinajstić information content (AvgIpc) is 2.81. The number of hydrogen-bond acceptors (Lipinski definition) is 3. The highest BCUT2D eigenvalue weighted by Gasteiger charge is 2.65. The molecule has 0 radical (unpaired) electrons. The van der Waals surface area contributed by atoms with Crippen LogP contribution in [0, 0.1) is 16.7 Å². The van der Waals surface area contributed by atoms with E-state index in [1.54, 1.807) is 4.31 Å². The minimum Gasteiger partial charge on any atom is -0.299 e. The molecule has 126 valence electrons. The molecule has 2 aliphatic carbocycles. The van der Waals surface area contributed by atoms with Crippen molar-refractivity contribution in [3.63, 3.8) is 0 Å². The maximum atomic E-state index is 13.1. The summed E-state index contributed by atoms with van der Waals surface area (Å²) in [6.45, 7) is 6.92. The highest BCUT2D eigenvalue weighted by molar-refractivity contribution is 7.89. The molecule has 0 unspecified atom stereocenters. The first-order valence-electron chi connectivity index (χ1n) is 8.77. The molecule has 1 heterocycles. The number of carbonyl (C=O) groups excluding carboxylic acids is 1. The summed E-state index contributed by atoms with van der Waals surface area (Å²) >= 11 is 0. The zero-order valence-electron chi connectivity index (χ0n) is 14.1. The normalized spacial score (nSPS) is 38.6. The molecule has 4 nitrogen and oxygen atoms in total. The first-order chi connectivity index (χ1) is 10.2. The molecule has 0 amide bonds. The summed E-state index contributed by atoms with van der Waals surface area (Å²) in [5.74, 6) is 0.611. The molecule has 3 atom stereocenters. The second kappa shape index (κ2) is 5.30. The van der Waals surface area contributed by atoms with Crippen molar-refractivity contribution in [2.75, 3.05) is 12.3 Å². The molecule has 0 aromatic heterocycles. The van der Waals surface area contributed by atoms with Crippen LogP contribution in [0.2, 0.25) is 0 Å². The summed E-state index contributed by atoms with van der Waals surface area (Å²) in [6, 6.07) is 0.131. The monoisotopic (exact) mass is 327 g/mol. The van der Waals surface area contributed by atoms with Gasteiger partial charge < -0.3 is 0 Å². The minimum absolute atomic E-state index is 0.0405. The Morgan fingerprint density at radius 3 is 2.50 bits per heavy atom. The van der Waals surface area contributed by atoms with Gasteiger partial charge in [0.05, 0.1) is 5.75 Å². The summed E-state index contributed by atoms with van der Waals surface area (Å²) in [7, 11) is -3.36. The standard InChI is InChI=1S/C17H29NO3S/c1-4-14-7-5-6-10-18(14)22(20,21)12-17-9-8-13(11-15(17)19)16(17,2)3/h13-14H,4-12H2,1-3H3/t13-,14-,17-/m0/s1. The SMILES string of the molecule is CC[C@H]1CCCCN1S(=O)(=O)C[C@@]12CC[C@@H](CC1=O)C2(C)C. The third-order valence-electron chi connectivity index (χ3n) is 6.97. The van der Waals surface area contributed by atoms with Crippen molar-refractivity contribution in [2.24, 2.45) is 16.7 Å². The summed E-state index contributed by atoms with van der Waals surface area (Å²) in [4.78, 5) is 12.6. The van der Waals surface area contributed by atoms with Gasteiger partial charge in [0, 0.05) is 24.4 Å². The number of sulfonamides is 1. The van der Waals surface area contributed by atoms with Gasteiger partial charge in [-0.2, -0.15) is 4.31 Å². The molecule has 2 saturated carbocycles. The molecule has 2 bridgehead atoms. The fourth-order valence-electron chi connectivity index (χ4n) is 5.25. The zero-order chi connectivity index (χ0) is 16.2. The maximum absolute atomic E-state index is 13.1. The molecule has 3 rings (SSSR count). The van der Waals surface area contributed by atoms with Crippen molar-refractivity contribution < 1.29 is 13.2 Å². The average molecular weight is 327 g/mol. The third-order valence-corrected chi connectivity index (χ3v) is 9.02. The van der Waals surface area contributed by atoms with E-state index in [4.69, 9.17) is 0 Å². The van der Waals surface area contributed by atoms with Gasteiger partial charge in [0.1, 0.15) is 5.78 Å². The van der Waals surface area contributed by atoms with Gasteiger partial charge in [-0.15, -0.1) is 0 Å². The molecule has 3 aliphatic rings. The van der Waals surface area contributed by atoms with Gasteiger partial charge in [0.15, 0.2) is 0 Å². The molecular formula is C17H29NO3S. The van der Waals surface area contributed by atoms with E-state index in [0.29, 0.717) is 18.9 Å². The summed E-state index contributed by atoms with van der Waals surface area (Å²) < 4.78 is 27.9. The lowest BCUT2D eigenvalue weighted by molar-refractivity contribution is -0.128. The number of fused-ring (bicyclic) bond motifs is 2. The summed E-state index contributed by atoms with van der Waals surface area (Å²) in [5.41, 5.74) is -0.805. The van der Waals surface area contributed by atoms with Crippen molar-refractivity contribution in [1.82, 2.24) is 4.31 Å². The maximum Gasteiger partial charge on any atom is 0.215 e. The molecule has 3 fully saturated rings. The van der Waals surface area contributed by atoms with Crippen molar-refractivity contribution >= 4 is 15.8 Å². The number of hydrogen-bond donors (Lipinski definition) is 0. The lowest BCUT2D eigenvalue weighted by atomic mass is 9.70. The van der Waals surface area contributed by atoms with Crippen LogP contribution < -0.4 is 0 Å². The summed E-state index contributed by atoms with van der Waals surface area (Å²) in [5, 5.41) is 0. The second-order valence-corrected chi connectivity index (χ2v) is 10.0. The predicted molar refractivity (Wildman–Crippen MR) is 87.0 cm³/mol. The van der Waals surface area contributed by atoms with Crippen LogP contribution in [-0.4, -0.2) is 36.8 Å². The van der Waals surface area contributed by atoms with Crippen LogP contribution >= 0.6 is 0 Å². The van der Waals surface area contributed by atoms with Crippen molar-refractivity contribution in [3.8, 4) is 0 Å². The quantitative estimate of drug-likeness (QED) is 0.797. The minimum atomic E-state index is -3.36. The van der Waals surface area contributed by atoms with Crippen LogP contribution in [0.15, 0.2) is 0 Å². The molecule has 5 heteroatoms. The Bertz CT molecular complexity index is 568. The van der Waals surface area contributed by atoms with Gasteiger partial charge in [-0.25, -0.2) is 8.42 Å². The van der Waals surface area contributed by atoms with Crippen LogP contribution in [0.4, 0.5) is 0 Å².